The largest absolute Gasteiger partial charge is 0.480 e. The van der Waals surface area contributed by atoms with E-state index < -0.39 is 12.0 Å². The maximum absolute atomic E-state index is 11.3. The number of nitrogens with one attached hydrogen (secondary N) is 1. The number of aliphatic carboxylic acids is 1. The third kappa shape index (κ3) is 3.05. The van der Waals surface area contributed by atoms with Crippen molar-refractivity contribution in [2.75, 3.05) is 0 Å². The van der Waals surface area contributed by atoms with Gasteiger partial charge in [0.2, 0.25) is 0 Å². The fourth-order valence-electron chi connectivity index (χ4n) is 2.05. The highest BCUT2D eigenvalue weighted by Crippen LogP contribution is 2.14. The molecule has 2 aromatic rings. The molecule has 0 amide bonds. The molecular formula is C15H15N3O2. The average molecular weight is 269 g/mol. The molecule has 0 bridgehead atoms. The Kier molecular flexibility index (Phi) is 4.18. The van der Waals surface area contributed by atoms with Crippen LogP contribution in [0.15, 0.2) is 42.6 Å². The van der Waals surface area contributed by atoms with Gasteiger partial charge in [0.1, 0.15) is 17.8 Å². The van der Waals surface area contributed by atoms with E-state index in [1.54, 1.807) is 29.8 Å². The normalized spacial score (nSPS) is 11.8. The van der Waals surface area contributed by atoms with Crippen LogP contribution in [0.5, 0.6) is 0 Å². The lowest BCUT2D eigenvalue weighted by molar-refractivity contribution is -0.139. The highest BCUT2D eigenvalue weighted by atomic mass is 16.4. The molecule has 1 heterocycles. The third-order valence-electron chi connectivity index (χ3n) is 3.07. The zero-order chi connectivity index (χ0) is 14.5. The molecule has 5 nitrogen and oxygen atoms in total. The molecule has 0 saturated carbocycles. The van der Waals surface area contributed by atoms with E-state index >= 15 is 0 Å². The van der Waals surface area contributed by atoms with E-state index in [0.717, 1.165) is 5.56 Å². The molecule has 1 unspecified atom stereocenters. The van der Waals surface area contributed by atoms with E-state index in [1.807, 2.05) is 24.4 Å². The van der Waals surface area contributed by atoms with Crippen molar-refractivity contribution in [1.82, 2.24) is 9.88 Å². The van der Waals surface area contributed by atoms with Crippen molar-refractivity contribution in [1.29, 1.82) is 5.26 Å². The minimum Gasteiger partial charge on any atom is -0.480 e. The van der Waals surface area contributed by atoms with Crippen LogP contribution in [0.4, 0.5) is 0 Å². The maximum atomic E-state index is 11.3. The predicted octanol–water partition coefficient (Wildman–Crippen LogP) is 1.81. The number of hydrogen-bond donors (Lipinski definition) is 2. The molecule has 0 aliphatic heterocycles. The van der Waals surface area contributed by atoms with Crippen LogP contribution in [-0.4, -0.2) is 15.6 Å². The number of carboxylic acid groups (broad SMARTS) is 1. The van der Waals surface area contributed by atoms with Crippen molar-refractivity contribution < 1.29 is 9.90 Å². The van der Waals surface area contributed by atoms with Gasteiger partial charge in [-0.05, 0) is 17.2 Å². The van der Waals surface area contributed by atoms with Gasteiger partial charge in [0.05, 0.1) is 0 Å². The van der Waals surface area contributed by atoms with Crippen molar-refractivity contribution in [3.05, 3.63) is 59.4 Å². The summed E-state index contributed by atoms with van der Waals surface area (Å²) in [5.41, 5.74) is 2.14. The van der Waals surface area contributed by atoms with Gasteiger partial charge in [-0.25, -0.2) is 0 Å². The summed E-state index contributed by atoms with van der Waals surface area (Å²) in [6.45, 7) is 0.390. The molecule has 5 heteroatoms. The van der Waals surface area contributed by atoms with Crippen molar-refractivity contribution >= 4 is 5.97 Å². The zero-order valence-electron chi connectivity index (χ0n) is 11.1. The molecule has 0 aliphatic rings. The summed E-state index contributed by atoms with van der Waals surface area (Å²) in [5, 5.41) is 21.2. The molecule has 102 valence electrons. The van der Waals surface area contributed by atoms with E-state index in [4.69, 9.17) is 5.26 Å². The molecule has 1 atom stereocenters. The maximum Gasteiger partial charge on any atom is 0.325 e. The van der Waals surface area contributed by atoms with Crippen LogP contribution in [0.2, 0.25) is 0 Å². The smallest absolute Gasteiger partial charge is 0.325 e. The number of nitriles is 1. The number of aromatic nitrogens is 1. The lowest BCUT2D eigenvalue weighted by atomic mass is 10.1. The van der Waals surface area contributed by atoms with E-state index in [2.05, 4.69) is 11.4 Å². The first-order valence-electron chi connectivity index (χ1n) is 6.18. The van der Waals surface area contributed by atoms with E-state index in [9.17, 15) is 9.90 Å². The topological polar surface area (TPSA) is 78.1 Å². The molecule has 1 aromatic carbocycles. The number of carbonyl (C=O) groups is 1. The van der Waals surface area contributed by atoms with Gasteiger partial charge in [-0.3, -0.25) is 10.1 Å². The van der Waals surface area contributed by atoms with Crippen molar-refractivity contribution in [3.8, 4) is 6.07 Å². The Labute approximate surface area is 117 Å². The molecule has 0 fully saturated rings. The van der Waals surface area contributed by atoms with Crippen LogP contribution in [0, 0.1) is 11.3 Å². The fourth-order valence-corrected chi connectivity index (χ4v) is 2.05. The summed E-state index contributed by atoms with van der Waals surface area (Å²) in [5.74, 6) is -0.923. The monoisotopic (exact) mass is 269 g/mol. The van der Waals surface area contributed by atoms with E-state index in [-0.39, 0.29) is 0 Å². The van der Waals surface area contributed by atoms with Gasteiger partial charge in [0.15, 0.2) is 0 Å². The summed E-state index contributed by atoms with van der Waals surface area (Å²) in [4.78, 5) is 11.3. The fraction of sp³-hybridized carbons (Fsp3) is 0.200. The van der Waals surface area contributed by atoms with Crippen LogP contribution in [0.1, 0.15) is 22.9 Å². The highest BCUT2D eigenvalue weighted by molar-refractivity contribution is 5.75. The van der Waals surface area contributed by atoms with Gasteiger partial charge in [-0.1, -0.05) is 30.3 Å². The van der Waals surface area contributed by atoms with Crippen LogP contribution in [0.25, 0.3) is 0 Å². The van der Waals surface area contributed by atoms with Gasteiger partial charge in [0.25, 0.3) is 0 Å². The summed E-state index contributed by atoms with van der Waals surface area (Å²) in [7, 11) is 1.79. The standard InChI is InChI=1S/C15H15N3O2/c1-18-10-11(7-13(18)8-16)9-17-14(15(19)20)12-5-3-2-4-6-12/h2-7,10,14,17H,9H2,1H3,(H,19,20). The number of hydrogen-bond acceptors (Lipinski definition) is 3. The van der Waals surface area contributed by atoms with Crippen LogP contribution in [0.3, 0.4) is 0 Å². The molecule has 1 aromatic heterocycles. The molecule has 0 aliphatic carbocycles. The van der Waals surface area contributed by atoms with Gasteiger partial charge < -0.3 is 9.67 Å². The van der Waals surface area contributed by atoms with Gasteiger partial charge >= 0.3 is 5.97 Å². The van der Waals surface area contributed by atoms with Crippen LogP contribution in [-0.2, 0) is 18.4 Å². The van der Waals surface area contributed by atoms with Gasteiger partial charge in [-0.15, -0.1) is 0 Å². The summed E-state index contributed by atoms with van der Waals surface area (Å²) < 4.78 is 1.72. The van der Waals surface area contributed by atoms with Crippen LogP contribution < -0.4 is 5.32 Å². The van der Waals surface area contributed by atoms with Gasteiger partial charge in [0, 0.05) is 19.8 Å². The average Bonchev–Trinajstić information content (AvgIpc) is 2.80. The zero-order valence-corrected chi connectivity index (χ0v) is 11.1. The first-order valence-corrected chi connectivity index (χ1v) is 6.18. The Hall–Kier alpha value is -2.58. The summed E-state index contributed by atoms with van der Waals surface area (Å²) in [6, 6.07) is 12.1. The molecule has 2 rings (SSSR count). The molecular weight excluding hydrogens is 254 g/mol. The second-order valence-corrected chi connectivity index (χ2v) is 4.52. The Bertz CT molecular complexity index is 641. The van der Waals surface area contributed by atoms with Gasteiger partial charge in [-0.2, -0.15) is 5.26 Å². The minimum absolute atomic E-state index is 0.390. The highest BCUT2D eigenvalue weighted by Gasteiger charge is 2.18. The summed E-state index contributed by atoms with van der Waals surface area (Å²) in [6.07, 6.45) is 1.81. The molecule has 0 saturated heterocycles. The first-order chi connectivity index (χ1) is 9.61. The molecule has 0 radical (unpaired) electrons. The van der Waals surface area contributed by atoms with Crippen molar-refractivity contribution in [3.63, 3.8) is 0 Å². The molecule has 0 spiro atoms. The quantitative estimate of drug-likeness (QED) is 0.867. The number of rotatable bonds is 5. The molecule has 20 heavy (non-hydrogen) atoms. The number of benzene rings is 1. The van der Waals surface area contributed by atoms with E-state index in [0.29, 0.717) is 17.8 Å². The Morgan fingerprint density at radius 1 is 1.45 bits per heavy atom. The van der Waals surface area contributed by atoms with Crippen LogP contribution >= 0.6 is 0 Å². The predicted molar refractivity (Wildman–Crippen MR) is 73.8 cm³/mol. The second-order valence-electron chi connectivity index (χ2n) is 4.52. The van der Waals surface area contributed by atoms with Crippen molar-refractivity contribution in [2.45, 2.75) is 12.6 Å². The minimum atomic E-state index is -0.923. The second kappa shape index (κ2) is 6.04. The SMILES string of the molecule is Cn1cc(CNC(C(=O)O)c2ccccc2)cc1C#N. The lowest BCUT2D eigenvalue weighted by Gasteiger charge is -2.14. The molecule has 2 N–H and O–H groups in total. The Balaban J connectivity index is 2.10. The Morgan fingerprint density at radius 3 is 2.70 bits per heavy atom. The Morgan fingerprint density at radius 2 is 2.15 bits per heavy atom. The van der Waals surface area contributed by atoms with E-state index in [1.165, 1.54) is 0 Å². The number of nitrogens with zero attached hydrogens (tertiary/aromatic N) is 2. The first kappa shape index (κ1) is 13.8. The summed E-state index contributed by atoms with van der Waals surface area (Å²) >= 11 is 0. The number of carboxylic acids is 1. The lowest BCUT2D eigenvalue weighted by Crippen LogP contribution is -2.27. The number of aryl methyl sites for hydroxylation is 1. The van der Waals surface area contributed by atoms with Crippen molar-refractivity contribution in [2.24, 2.45) is 7.05 Å². The third-order valence-corrected chi connectivity index (χ3v) is 3.07.